The van der Waals surface area contributed by atoms with Gasteiger partial charge in [0, 0.05) is 0 Å². The fourth-order valence-corrected chi connectivity index (χ4v) is 11.2. The first-order chi connectivity index (χ1) is 7.91. The highest BCUT2D eigenvalue weighted by Crippen LogP contribution is 1.76. The third-order valence-electron chi connectivity index (χ3n) is 1.32. The van der Waals surface area contributed by atoms with Gasteiger partial charge in [-0.15, -0.1) is 0 Å². The molecule has 0 unspecified atom stereocenters. The zero-order chi connectivity index (χ0) is 11.9. The second kappa shape index (κ2) is 16.0. The predicted molar refractivity (Wildman–Crippen MR) is 82.5 cm³/mol. The van der Waals surface area contributed by atoms with E-state index in [9.17, 15) is 0 Å². The molecule has 0 saturated heterocycles. The molecular weight excluding hydrogens is 329 g/mol. The van der Waals surface area contributed by atoms with Crippen LogP contribution in [0.4, 0.5) is 0 Å². The summed E-state index contributed by atoms with van der Waals surface area (Å²) < 4.78 is 31.6. The molecule has 0 saturated carbocycles. The summed E-state index contributed by atoms with van der Waals surface area (Å²) in [6.45, 7) is 2.00. The van der Waals surface area contributed by atoms with Crippen LogP contribution in [0.5, 0.6) is 0 Å². The van der Waals surface area contributed by atoms with Gasteiger partial charge in [-0.05, 0) is 6.92 Å². The Morgan fingerprint density at radius 1 is 0.812 bits per heavy atom. The van der Waals surface area contributed by atoms with Gasteiger partial charge in [0.25, 0.3) is 50.0 Å². The second-order valence-electron chi connectivity index (χ2n) is 2.63. The van der Waals surface area contributed by atoms with Gasteiger partial charge in [0.1, 0.15) is 10.5 Å². The van der Waals surface area contributed by atoms with Gasteiger partial charge in [0.15, 0.2) is 9.76 Å². The van der Waals surface area contributed by atoms with E-state index in [0.29, 0.717) is 0 Å². The van der Waals surface area contributed by atoms with Gasteiger partial charge in [-0.1, -0.05) is 11.8 Å². The lowest BCUT2D eigenvalue weighted by Crippen LogP contribution is -2.19. The number of hydrogen-bond acceptors (Lipinski definition) is 6. The Hall–Kier alpha value is 1.02. The van der Waals surface area contributed by atoms with E-state index in [4.69, 9.17) is 24.7 Å². The lowest BCUT2D eigenvalue weighted by molar-refractivity contribution is 0.379. The van der Waals surface area contributed by atoms with Crippen LogP contribution < -0.4 is 0 Å². The van der Waals surface area contributed by atoms with E-state index < -0.39 is 59.8 Å². The highest BCUT2D eigenvalue weighted by Gasteiger charge is 1.93. The number of allylic oxidation sites excluding steroid dienone is 1. The summed E-state index contributed by atoms with van der Waals surface area (Å²) >= 11 is 0. The van der Waals surface area contributed by atoms with Gasteiger partial charge in [0.05, 0.1) is 0 Å². The molecule has 0 aliphatic heterocycles. The van der Waals surface area contributed by atoms with Gasteiger partial charge in [0.2, 0.25) is 0 Å². The smallest absolute Gasteiger partial charge is 0.286 e. The highest BCUT2D eigenvalue weighted by molar-refractivity contribution is 6.49. The Bertz CT molecular complexity index is 159. The molecule has 0 aromatic heterocycles. The second-order valence-corrected chi connectivity index (χ2v) is 15.1. The molecule has 0 atom stereocenters. The Morgan fingerprint density at radius 2 is 1.31 bits per heavy atom. The van der Waals surface area contributed by atoms with Crippen molar-refractivity contribution in [1.29, 1.82) is 0 Å². The van der Waals surface area contributed by atoms with Gasteiger partial charge in [-0.25, -0.2) is 0 Å². The van der Waals surface area contributed by atoms with Crippen LogP contribution in [0, 0.1) is 0 Å². The predicted octanol–water partition coefficient (Wildman–Crippen LogP) is -6.02. The third kappa shape index (κ3) is 15.0. The average Bonchev–Trinajstić information content (AvgIpc) is 2.31. The molecule has 96 valence electrons. The molecule has 0 N–H and O–H groups in total. The van der Waals surface area contributed by atoms with Crippen LogP contribution in [0.25, 0.3) is 0 Å². The molecule has 0 heterocycles. The van der Waals surface area contributed by atoms with Crippen molar-refractivity contribution in [2.75, 3.05) is 0 Å². The van der Waals surface area contributed by atoms with Crippen molar-refractivity contribution in [2.45, 2.75) is 6.92 Å². The fraction of sp³-hybridized carbons (Fsp3) is 0.333. The van der Waals surface area contributed by atoms with Crippen molar-refractivity contribution >= 4 is 70.3 Å². The summed E-state index contributed by atoms with van der Waals surface area (Å²) in [5.41, 5.74) is 2.10. The molecule has 0 spiro atoms. The maximum Gasteiger partial charge on any atom is 0.286 e. The largest absolute Gasteiger partial charge is 0.449 e. The van der Waals surface area contributed by atoms with E-state index in [-0.39, 0.29) is 0 Å². The Balaban J connectivity index is 2.88. The van der Waals surface area contributed by atoms with Crippen LogP contribution in [-0.4, -0.2) is 70.3 Å². The first-order valence-corrected chi connectivity index (χ1v) is 12.9. The molecule has 0 aliphatic rings. The molecule has 0 aromatic carbocycles. The first-order valence-electron chi connectivity index (χ1n) is 4.90. The van der Waals surface area contributed by atoms with Gasteiger partial charge < -0.3 is 24.7 Å². The van der Waals surface area contributed by atoms with Crippen LogP contribution in [0.2, 0.25) is 0 Å². The molecule has 0 radical (unpaired) electrons. The van der Waals surface area contributed by atoms with Crippen molar-refractivity contribution in [3.8, 4) is 0 Å². The molecule has 0 aromatic rings. The fourth-order valence-electron chi connectivity index (χ4n) is 0.667. The summed E-state index contributed by atoms with van der Waals surface area (Å²) in [5.74, 6) is 0. The normalized spacial score (nSPS) is 16.1. The first kappa shape index (κ1) is 17.0. The minimum Gasteiger partial charge on any atom is -0.449 e. The summed E-state index contributed by atoms with van der Waals surface area (Å²) in [7, 11) is -3.66. The average molecular weight is 349 g/mol. The van der Waals surface area contributed by atoms with Crippen molar-refractivity contribution in [3.05, 3.63) is 11.8 Å². The summed E-state index contributed by atoms with van der Waals surface area (Å²) in [6.07, 6.45) is 2.02. The lowest BCUT2D eigenvalue weighted by Gasteiger charge is -2.06. The minimum atomic E-state index is -0.845. The Labute approximate surface area is 114 Å². The van der Waals surface area contributed by atoms with Crippen molar-refractivity contribution < 1.29 is 24.7 Å². The van der Waals surface area contributed by atoms with Crippen molar-refractivity contribution in [2.24, 2.45) is 0 Å². The molecule has 0 aliphatic carbocycles. The number of rotatable bonds is 12. The van der Waals surface area contributed by atoms with E-state index >= 15 is 0 Å². The molecule has 0 amide bonds. The van der Waals surface area contributed by atoms with Crippen molar-refractivity contribution in [1.82, 2.24) is 0 Å². The summed E-state index contributed by atoms with van der Waals surface area (Å²) in [6, 6.07) is 0. The van der Waals surface area contributed by atoms with E-state index in [0.717, 1.165) is 10.5 Å². The maximum absolute atomic E-state index is 5.41. The molecular formula is C3H20O6Si7. The summed E-state index contributed by atoms with van der Waals surface area (Å²) in [5, 5.41) is 0. The molecule has 0 rings (SSSR count). The SMILES string of the molecule is CC=C[SiH2]O[SiH2]O[SiH2]O[SiH2]O[SiH2]O[SiH2]O[SiH3]. The standard InChI is InChI=1S/C3H20O6Si7/c1-2-3-11-5-13-7-15-9-16-8-14-6-12-4-10/h2-3H,11-16H2,1,10H3. The zero-order valence-corrected chi connectivity index (χ0v) is 20.3. The zero-order valence-electron chi connectivity index (χ0n) is 9.85. The quantitative estimate of drug-likeness (QED) is 0.258. The van der Waals surface area contributed by atoms with Crippen LogP contribution in [0.15, 0.2) is 11.8 Å². The highest BCUT2D eigenvalue weighted by atomic mass is 28.4. The Morgan fingerprint density at radius 3 is 1.81 bits per heavy atom. The minimum absolute atomic E-state index is 0.458. The number of hydrogen-bond donors (Lipinski definition) is 0. The Kier molecular flexibility index (Phi) is 17.0. The van der Waals surface area contributed by atoms with Gasteiger partial charge >= 0.3 is 0 Å². The monoisotopic (exact) mass is 348 g/mol. The van der Waals surface area contributed by atoms with Crippen molar-refractivity contribution in [3.63, 3.8) is 0 Å². The maximum atomic E-state index is 5.41. The third-order valence-corrected chi connectivity index (χ3v) is 9.87. The van der Waals surface area contributed by atoms with E-state index in [1.165, 1.54) is 0 Å². The molecule has 0 fully saturated rings. The van der Waals surface area contributed by atoms with Crippen LogP contribution in [0.3, 0.4) is 0 Å². The van der Waals surface area contributed by atoms with Gasteiger partial charge in [-0.3, -0.25) is 0 Å². The molecule has 0 bridgehead atoms. The van der Waals surface area contributed by atoms with Gasteiger partial charge in [-0.2, -0.15) is 0 Å². The topological polar surface area (TPSA) is 55.4 Å². The summed E-state index contributed by atoms with van der Waals surface area (Å²) in [4.78, 5) is 0. The molecule has 16 heavy (non-hydrogen) atoms. The van der Waals surface area contributed by atoms with Crippen LogP contribution >= 0.6 is 0 Å². The van der Waals surface area contributed by atoms with E-state index in [1.54, 1.807) is 0 Å². The molecule has 6 nitrogen and oxygen atoms in total. The lowest BCUT2D eigenvalue weighted by atomic mass is 10.8. The van der Waals surface area contributed by atoms with Crippen LogP contribution in [0.1, 0.15) is 6.92 Å². The van der Waals surface area contributed by atoms with Crippen LogP contribution in [-0.2, 0) is 24.7 Å². The molecule has 13 heteroatoms. The van der Waals surface area contributed by atoms with E-state index in [1.807, 2.05) is 13.0 Å². The van der Waals surface area contributed by atoms with E-state index in [2.05, 4.69) is 5.70 Å².